The van der Waals surface area contributed by atoms with E-state index in [4.69, 9.17) is 10.6 Å². The van der Waals surface area contributed by atoms with Gasteiger partial charge in [0.15, 0.2) is 0 Å². The molecule has 0 aromatic carbocycles. The molecule has 3 N–H and O–H groups in total. The van der Waals surface area contributed by atoms with Crippen molar-refractivity contribution in [2.24, 2.45) is 11.8 Å². The monoisotopic (exact) mass is 290 g/mol. The van der Waals surface area contributed by atoms with Crippen LogP contribution < -0.4 is 16.0 Å². The quantitative estimate of drug-likeness (QED) is 0.643. The maximum Gasteiger partial charge on any atom is 0.222 e. The smallest absolute Gasteiger partial charge is 0.222 e. The second-order valence-electron chi connectivity index (χ2n) is 6.39. The Balaban J connectivity index is 1.84. The summed E-state index contributed by atoms with van der Waals surface area (Å²) < 4.78 is 6.30. The first kappa shape index (κ1) is 14.6. The molecule has 0 bridgehead atoms. The molecule has 0 saturated heterocycles. The lowest BCUT2D eigenvalue weighted by molar-refractivity contribution is 0.0848. The number of hydrogen-bond donors (Lipinski definition) is 2. The topological polar surface area (TPSA) is 73.1 Å². The van der Waals surface area contributed by atoms with Gasteiger partial charge >= 0.3 is 0 Å². The Hall–Kier alpha value is -1.36. The minimum absolute atomic E-state index is 0.287. The molecule has 1 heterocycles. The van der Waals surface area contributed by atoms with Gasteiger partial charge in [-0.3, -0.25) is 0 Å². The van der Waals surface area contributed by atoms with Crippen LogP contribution >= 0.6 is 0 Å². The fourth-order valence-electron chi connectivity index (χ4n) is 3.23. The van der Waals surface area contributed by atoms with Crippen molar-refractivity contribution >= 4 is 5.82 Å². The van der Waals surface area contributed by atoms with E-state index in [9.17, 15) is 0 Å². The summed E-state index contributed by atoms with van der Waals surface area (Å²) in [5.41, 5.74) is 3.61. The highest BCUT2D eigenvalue weighted by molar-refractivity contribution is 5.48. The predicted molar refractivity (Wildman–Crippen MR) is 83.2 cm³/mol. The molecule has 2 fully saturated rings. The Morgan fingerprint density at radius 3 is 2.62 bits per heavy atom. The number of nitrogens with two attached hydrogens (primary N) is 1. The summed E-state index contributed by atoms with van der Waals surface area (Å²) in [6.07, 6.45) is 8.78. The molecular formula is C16H26N4O. The molecule has 0 spiro atoms. The third kappa shape index (κ3) is 3.12. The average Bonchev–Trinajstić information content (AvgIpc) is 3.34. The summed E-state index contributed by atoms with van der Waals surface area (Å²) in [5.74, 6) is 9.05. The Labute approximate surface area is 126 Å². The van der Waals surface area contributed by atoms with Crippen molar-refractivity contribution in [3.63, 3.8) is 0 Å². The highest BCUT2D eigenvalue weighted by Crippen LogP contribution is 2.40. The standard InChI is InChI=1S/C16H26N4O/c1-3-11-6-4-5-7-13(11)21-16-10(2)14(20-17)18-15(19-16)12-8-9-12/h11-13H,3-9,17H2,1-2H3,(H,18,19,20). The summed E-state index contributed by atoms with van der Waals surface area (Å²) in [6, 6.07) is 0. The van der Waals surface area contributed by atoms with E-state index < -0.39 is 0 Å². The van der Waals surface area contributed by atoms with E-state index in [1.807, 2.05) is 6.92 Å². The zero-order valence-corrected chi connectivity index (χ0v) is 13.1. The van der Waals surface area contributed by atoms with Gasteiger partial charge in [0.2, 0.25) is 5.88 Å². The van der Waals surface area contributed by atoms with Gasteiger partial charge in [-0.05, 0) is 51.4 Å². The first-order chi connectivity index (χ1) is 10.2. The number of aromatic nitrogens is 2. The van der Waals surface area contributed by atoms with Crippen molar-refractivity contribution in [3.05, 3.63) is 11.4 Å². The highest BCUT2D eigenvalue weighted by atomic mass is 16.5. The highest BCUT2D eigenvalue weighted by Gasteiger charge is 2.30. The Morgan fingerprint density at radius 2 is 1.95 bits per heavy atom. The van der Waals surface area contributed by atoms with Gasteiger partial charge in [0.25, 0.3) is 0 Å². The van der Waals surface area contributed by atoms with Gasteiger partial charge in [-0.25, -0.2) is 10.8 Å². The summed E-state index contributed by atoms with van der Waals surface area (Å²) in [4.78, 5) is 9.20. The number of rotatable bonds is 5. The molecule has 5 nitrogen and oxygen atoms in total. The van der Waals surface area contributed by atoms with Gasteiger partial charge in [0, 0.05) is 5.92 Å². The van der Waals surface area contributed by atoms with Crippen molar-refractivity contribution in [3.8, 4) is 5.88 Å². The van der Waals surface area contributed by atoms with Gasteiger partial charge in [-0.2, -0.15) is 4.98 Å². The van der Waals surface area contributed by atoms with Gasteiger partial charge in [0.05, 0.1) is 5.56 Å². The van der Waals surface area contributed by atoms with E-state index >= 15 is 0 Å². The van der Waals surface area contributed by atoms with E-state index in [1.54, 1.807) is 0 Å². The molecule has 2 aliphatic carbocycles. The van der Waals surface area contributed by atoms with Crippen molar-refractivity contribution in [2.75, 3.05) is 5.43 Å². The van der Waals surface area contributed by atoms with E-state index in [0.29, 0.717) is 17.7 Å². The second kappa shape index (κ2) is 6.18. The van der Waals surface area contributed by atoms with Crippen LogP contribution in [0.2, 0.25) is 0 Å². The molecule has 2 unspecified atom stereocenters. The first-order valence-electron chi connectivity index (χ1n) is 8.24. The van der Waals surface area contributed by atoms with Crippen molar-refractivity contribution < 1.29 is 4.74 Å². The van der Waals surface area contributed by atoms with E-state index in [1.165, 1.54) is 38.5 Å². The number of anilines is 1. The number of nitrogens with one attached hydrogen (secondary N) is 1. The minimum Gasteiger partial charge on any atom is -0.474 e. The Morgan fingerprint density at radius 1 is 1.19 bits per heavy atom. The molecule has 0 aliphatic heterocycles. The molecule has 116 valence electrons. The zero-order chi connectivity index (χ0) is 14.8. The number of nitrogen functional groups attached to an aromatic ring is 1. The van der Waals surface area contributed by atoms with Gasteiger partial charge in [0.1, 0.15) is 17.7 Å². The van der Waals surface area contributed by atoms with Crippen molar-refractivity contribution in [1.82, 2.24) is 9.97 Å². The number of hydrogen-bond acceptors (Lipinski definition) is 5. The van der Waals surface area contributed by atoms with Crippen LogP contribution in [0.1, 0.15) is 69.2 Å². The first-order valence-corrected chi connectivity index (χ1v) is 8.24. The van der Waals surface area contributed by atoms with Gasteiger partial charge in [-0.15, -0.1) is 0 Å². The molecule has 1 aromatic rings. The molecular weight excluding hydrogens is 264 g/mol. The van der Waals surface area contributed by atoms with E-state index in [0.717, 1.165) is 23.7 Å². The molecule has 2 aliphatic rings. The van der Waals surface area contributed by atoms with Crippen LogP contribution in [0, 0.1) is 12.8 Å². The number of ether oxygens (including phenoxy) is 1. The van der Waals surface area contributed by atoms with Gasteiger partial charge in [-0.1, -0.05) is 13.3 Å². The lowest BCUT2D eigenvalue weighted by Gasteiger charge is -2.31. The molecule has 1 aromatic heterocycles. The van der Waals surface area contributed by atoms with Crippen molar-refractivity contribution in [1.29, 1.82) is 0 Å². The minimum atomic E-state index is 0.287. The van der Waals surface area contributed by atoms with Crippen LogP contribution in [-0.2, 0) is 0 Å². The lowest BCUT2D eigenvalue weighted by Crippen LogP contribution is -2.30. The van der Waals surface area contributed by atoms with E-state index in [2.05, 4.69) is 22.3 Å². The summed E-state index contributed by atoms with van der Waals surface area (Å²) in [5, 5.41) is 0. The third-order valence-electron chi connectivity index (χ3n) is 4.82. The van der Waals surface area contributed by atoms with Crippen LogP contribution in [0.25, 0.3) is 0 Å². The molecule has 5 heteroatoms. The molecule has 21 heavy (non-hydrogen) atoms. The summed E-state index contributed by atoms with van der Waals surface area (Å²) >= 11 is 0. The molecule has 3 rings (SSSR count). The van der Waals surface area contributed by atoms with Crippen LogP contribution in [0.4, 0.5) is 5.82 Å². The third-order valence-corrected chi connectivity index (χ3v) is 4.82. The summed E-state index contributed by atoms with van der Waals surface area (Å²) in [6.45, 7) is 4.23. The van der Waals surface area contributed by atoms with Crippen molar-refractivity contribution in [2.45, 2.75) is 70.8 Å². The zero-order valence-electron chi connectivity index (χ0n) is 13.1. The fraction of sp³-hybridized carbons (Fsp3) is 0.750. The molecule has 0 amide bonds. The predicted octanol–water partition coefficient (Wildman–Crippen LogP) is 3.30. The molecule has 2 atom stereocenters. The second-order valence-corrected chi connectivity index (χ2v) is 6.39. The van der Waals surface area contributed by atoms with E-state index in [-0.39, 0.29) is 6.10 Å². The largest absolute Gasteiger partial charge is 0.474 e. The fourth-order valence-corrected chi connectivity index (χ4v) is 3.23. The van der Waals surface area contributed by atoms with Crippen LogP contribution in [-0.4, -0.2) is 16.1 Å². The Bertz CT molecular complexity index is 501. The number of nitrogens with zero attached hydrogens (tertiary/aromatic N) is 2. The average molecular weight is 290 g/mol. The molecule has 2 saturated carbocycles. The Kier molecular flexibility index (Phi) is 4.29. The van der Waals surface area contributed by atoms with Gasteiger partial charge < -0.3 is 10.2 Å². The lowest BCUT2D eigenvalue weighted by atomic mass is 9.85. The maximum absolute atomic E-state index is 6.30. The number of hydrazine groups is 1. The van der Waals surface area contributed by atoms with Crippen LogP contribution in [0.15, 0.2) is 0 Å². The van der Waals surface area contributed by atoms with Crippen LogP contribution in [0.5, 0.6) is 5.88 Å². The SMILES string of the molecule is CCC1CCCCC1Oc1nc(C2CC2)nc(NN)c1C. The summed E-state index contributed by atoms with van der Waals surface area (Å²) in [7, 11) is 0. The maximum atomic E-state index is 6.30. The normalized spacial score (nSPS) is 25.7. The molecule has 0 radical (unpaired) electrons. The van der Waals surface area contributed by atoms with Crippen LogP contribution in [0.3, 0.4) is 0 Å².